The number of methoxy groups -OCH3 is 1. The normalized spacial score (nSPS) is 10.7. The van der Waals surface area contributed by atoms with Crippen molar-refractivity contribution in [3.8, 4) is 23.5 Å². The molecular weight excluding hydrogens is 767 g/mol. The van der Waals surface area contributed by atoms with Crippen molar-refractivity contribution in [2.45, 2.75) is 19.8 Å². The van der Waals surface area contributed by atoms with Crippen molar-refractivity contribution in [2.75, 3.05) is 17.7 Å². The van der Waals surface area contributed by atoms with E-state index in [2.05, 4.69) is 81.5 Å². The van der Waals surface area contributed by atoms with E-state index in [-0.39, 0.29) is 5.69 Å². The van der Waals surface area contributed by atoms with E-state index in [1.165, 1.54) is 25.8 Å². The molecular formula is C39H28Cl2N14O2. The first kappa shape index (κ1) is 37.8. The Morgan fingerprint density at radius 2 is 1.18 bits per heavy atom. The number of aromatic nitrogens is 10. The van der Waals surface area contributed by atoms with E-state index in [1.54, 1.807) is 76.6 Å². The van der Waals surface area contributed by atoms with Crippen LogP contribution in [0.15, 0.2) is 98.1 Å². The monoisotopic (exact) mass is 794 g/mol. The molecule has 6 aromatic heterocycles. The molecule has 0 unspecified atom stereocenters. The van der Waals surface area contributed by atoms with Gasteiger partial charge in [0.25, 0.3) is 0 Å². The van der Waals surface area contributed by atoms with Gasteiger partial charge in [-0.15, -0.1) is 0 Å². The molecule has 0 fully saturated rings. The molecule has 57 heavy (non-hydrogen) atoms. The average molecular weight is 796 g/mol. The van der Waals surface area contributed by atoms with Gasteiger partial charge in [-0.25, -0.2) is 44.1 Å². The van der Waals surface area contributed by atoms with E-state index in [9.17, 15) is 15.3 Å². The van der Waals surface area contributed by atoms with Crippen LogP contribution in [0.5, 0.6) is 0 Å². The van der Waals surface area contributed by atoms with Crippen LogP contribution in [-0.2, 0) is 4.74 Å². The zero-order valence-corrected chi connectivity index (χ0v) is 31.8. The third-order valence-electron chi connectivity index (χ3n) is 8.40. The van der Waals surface area contributed by atoms with Crippen molar-refractivity contribution >= 4 is 74.2 Å². The fourth-order valence-corrected chi connectivity index (χ4v) is 6.15. The van der Waals surface area contributed by atoms with Gasteiger partial charge in [0, 0.05) is 53.1 Å². The fourth-order valence-electron chi connectivity index (χ4n) is 5.64. The molecule has 280 valence electrons. The maximum atomic E-state index is 11.6. The van der Waals surface area contributed by atoms with Crippen LogP contribution in [0.4, 0.5) is 23.3 Å². The number of carbonyl (C=O) groups excluding carboxylic acids is 1. The zero-order valence-electron chi connectivity index (χ0n) is 30.3. The number of carbonyl (C=O) groups is 1. The Bertz CT molecular complexity index is 2880. The number of nitrogens with zero attached hydrogens (tertiary/aromatic N) is 12. The van der Waals surface area contributed by atoms with E-state index in [0.717, 1.165) is 22.0 Å². The van der Waals surface area contributed by atoms with Gasteiger partial charge in [-0.3, -0.25) is 0 Å². The highest BCUT2D eigenvalue weighted by Gasteiger charge is 2.16. The second-order valence-electron chi connectivity index (χ2n) is 12.4. The maximum absolute atomic E-state index is 11.6. The lowest BCUT2D eigenvalue weighted by atomic mass is 10.1. The summed E-state index contributed by atoms with van der Waals surface area (Å²) in [5.74, 6) is 1.82. The van der Waals surface area contributed by atoms with E-state index in [4.69, 9.17) is 23.2 Å². The molecule has 0 bridgehead atoms. The Balaban J connectivity index is 0.000000174. The van der Waals surface area contributed by atoms with Gasteiger partial charge in [-0.2, -0.15) is 20.7 Å². The minimum absolute atomic E-state index is 0.117. The third kappa shape index (κ3) is 7.99. The van der Waals surface area contributed by atoms with Gasteiger partial charge in [0.15, 0.2) is 5.69 Å². The zero-order chi connectivity index (χ0) is 40.1. The standard InChI is InChI=1S/C20H16ClN7.C19H12ClN7O2/c1-12(2)16-6-18(25-11-24-16)27-19-7-17-14(9-23-19)10-26-28(17)20-13(8-22)4-3-5-15(20)21;1-29-19(28)14-5-16(24-10-23-14)26-17-6-15-12(8-22-17)9-25-27(15)18-11(7-21)3-2-4-13(18)20/h3-7,9-12H,1-2H3,(H,23,24,25,27);2-6,8-10H,1H3,(H,22,23,24,26). The summed E-state index contributed by atoms with van der Waals surface area (Å²) in [7, 11) is 1.28. The molecule has 0 saturated heterocycles. The van der Waals surface area contributed by atoms with Gasteiger partial charge in [-0.05, 0) is 30.2 Å². The summed E-state index contributed by atoms with van der Waals surface area (Å²) in [6.07, 6.45) is 9.46. The number of nitriles is 2. The molecule has 0 saturated carbocycles. The predicted molar refractivity (Wildman–Crippen MR) is 213 cm³/mol. The molecule has 16 nitrogen and oxygen atoms in total. The highest BCUT2D eigenvalue weighted by atomic mass is 35.5. The summed E-state index contributed by atoms with van der Waals surface area (Å²) in [4.78, 5) is 36.9. The lowest BCUT2D eigenvalue weighted by Gasteiger charge is -2.10. The minimum atomic E-state index is -0.570. The van der Waals surface area contributed by atoms with Crippen LogP contribution in [0.1, 0.15) is 47.1 Å². The second kappa shape index (κ2) is 16.5. The number of benzene rings is 2. The van der Waals surface area contributed by atoms with Crippen molar-refractivity contribution in [1.82, 2.24) is 49.5 Å². The topological polar surface area (TPSA) is 211 Å². The largest absolute Gasteiger partial charge is 0.464 e. The molecule has 0 aliphatic heterocycles. The molecule has 18 heteroatoms. The number of hydrogen-bond donors (Lipinski definition) is 2. The van der Waals surface area contributed by atoms with Gasteiger partial charge in [0.05, 0.1) is 51.7 Å². The van der Waals surface area contributed by atoms with Crippen LogP contribution in [0.2, 0.25) is 10.0 Å². The van der Waals surface area contributed by atoms with Crippen molar-refractivity contribution in [2.24, 2.45) is 0 Å². The Morgan fingerprint density at radius 3 is 1.67 bits per heavy atom. The van der Waals surface area contributed by atoms with Gasteiger partial charge < -0.3 is 15.4 Å². The molecule has 0 aliphatic rings. The SMILES string of the molecule is CC(C)c1cc(Nc2cc3c(cn2)cnn3-c2c(Cl)cccc2C#N)ncn1.COC(=O)c1cc(Nc2cc3c(cn2)cnn3-c2c(Cl)cccc2C#N)ncn1. The third-order valence-corrected chi connectivity index (χ3v) is 9.01. The average Bonchev–Trinajstić information content (AvgIpc) is 3.84. The summed E-state index contributed by atoms with van der Waals surface area (Å²) in [5, 5.41) is 36.3. The summed E-state index contributed by atoms with van der Waals surface area (Å²) < 4.78 is 7.90. The van der Waals surface area contributed by atoms with Gasteiger partial charge in [0.2, 0.25) is 0 Å². The van der Waals surface area contributed by atoms with Crippen LogP contribution in [0, 0.1) is 22.7 Å². The number of hydrogen-bond acceptors (Lipinski definition) is 14. The van der Waals surface area contributed by atoms with Crippen molar-refractivity contribution in [3.63, 3.8) is 0 Å². The molecule has 6 heterocycles. The van der Waals surface area contributed by atoms with Crippen LogP contribution >= 0.6 is 23.2 Å². The molecule has 0 amide bonds. The minimum Gasteiger partial charge on any atom is -0.464 e. The lowest BCUT2D eigenvalue weighted by molar-refractivity contribution is 0.0594. The van der Waals surface area contributed by atoms with Crippen molar-refractivity contribution in [1.29, 1.82) is 10.5 Å². The van der Waals surface area contributed by atoms with Crippen LogP contribution < -0.4 is 10.6 Å². The van der Waals surface area contributed by atoms with Gasteiger partial charge >= 0.3 is 5.97 Å². The second-order valence-corrected chi connectivity index (χ2v) is 13.2. The number of nitrogens with one attached hydrogen (secondary N) is 2. The molecule has 8 aromatic rings. The smallest absolute Gasteiger partial charge is 0.356 e. The molecule has 2 N–H and O–H groups in total. The highest BCUT2D eigenvalue weighted by molar-refractivity contribution is 6.33. The first-order chi connectivity index (χ1) is 27.7. The molecule has 0 aliphatic carbocycles. The fraction of sp³-hybridized carbons (Fsp3) is 0.103. The first-order valence-electron chi connectivity index (χ1n) is 17.0. The van der Waals surface area contributed by atoms with E-state index in [0.29, 0.717) is 67.3 Å². The number of fused-ring (bicyclic) bond motifs is 2. The summed E-state index contributed by atoms with van der Waals surface area (Å²) in [6, 6.07) is 21.5. The molecule has 0 atom stereocenters. The summed E-state index contributed by atoms with van der Waals surface area (Å²) in [5.41, 5.74) is 4.40. The highest BCUT2D eigenvalue weighted by Crippen LogP contribution is 2.30. The Hall–Kier alpha value is -7.53. The summed E-state index contributed by atoms with van der Waals surface area (Å²) >= 11 is 12.7. The van der Waals surface area contributed by atoms with E-state index >= 15 is 0 Å². The number of esters is 1. The van der Waals surface area contributed by atoms with Crippen LogP contribution in [0.25, 0.3) is 33.2 Å². The maximum Gasteiger partial charge on any atom is 0.356 e. The van der Waals surface area contributed by atoms with E-state index in [1.807, 2.05) is 12.1 Å². The van der Waals surface area contributed by atoms with Crippen LogP contribution in [0.3, 0.4) is 0 Å². The number of pyridine rings is 2. The summed E-state index contributed by atoms with van der Waals surface area (Å²) in [6.45, 7) is 4.15. The number of anilines is 4. The Morgan fingerprint density at radius 1 is 0.684 bits per heavy atom. The quantitative estimate of drug-likeness (QED) is 0.140. The van der Waals surface area contributed by atoms with Gasteiger partial charge in [-0.1, -0.05) is 49.2 Å². The molecule has 2 aromatic carbocycles. The van der Waals surface area contributed by atoms with E-state index < -0.39 is 5.97 Å². The predicted octanol–water partition coefficient (Wildman–Crippen LogP) is 7.87. The van der Waals surface area contributed by atoms with Crippen LogP contribution in [-0.4, -0.2) is 62.5 Å². The molecule has 0 spiro atoms. The van der Waals surface area contributed by atoms with Gasteiger partial charge in [0.1, 0.15) is 59.4 Å². The first-order valence-corrected chi connectivity index (χ1v) is 17.7. The number of halogens is 2. The molecule has 0 radical (unpaired) electrons. The van der Waals surface area contributed by atoms with Crippen molar-refractivity contribution < 1.29 is 9.53 Å². The number of rotatable bonds is 8. The lowest BCUT2D eigenvalue weighted by Crippen LogP contribution is -2.06. The Kier molecular flexibility index (Phi) is 10.9. The Labute approximate surface area is 334 Å². The molecule has 8 rings (SSSR count). The van der Waals surface area contributed by atoms with Crippen molar-refractivity contribution in [3.05, 3.63) is 131 Å². The number of para-hydroxylation sites is 2. The number of ether oxygens (including phenoxy) is 1.